The molecule has 1 amide bonds. The van der Waals surface area contributed by atoms with Gasteiger partial charge in [-0.3, -0.25) is 9.59 Å². The number of carboxylic acids is 1. The number of carboxylic acid groups (broad SMARTS) is 1. The highest BCUT2D eigenvalue weighted by atomic mass is 16.4. The van der Waals surface area contributed by atoms with E-state index >= 15 is 0 Å². The molecule has 2 aliphatic heterocycles. The lowest BCUT2D eigenvalue weighted by Crippen LogP contribution is -2.27. The number of fused-ring (bicyclic) bond motifs is 2. The molecule has 0 atom stereocenters. The number of aryl methyl sites for hydroxylation is 1. The molecule has 6 heteroatoms. The summed E-state index contributed by atoms with van der Waals surface area (Å²) in [6.45, 7) is 1.99. The zero-order valence-electron chi connectivity index (χ0n) is 17.7. The van der Waals surface area contributed by atoms with Gasteiger partial charge in [-0.25, -0.2) is 0 Å². The molecule has 3 aliphatic rings. The third kappa shape index (κ3) is 3.81. The van der Waals surface area contributed by atoms with E-state index in [1.165, 1.54) is 16.8 Å². The average molecular weight is 420 g/mol. The Hall–Kier alpha value is -2.86. The van der Waals surface area contributed by atoms with Gasteiger partial charge in [0.05, 0.1) is 5.57 Å². The van der Waals surface area contributed by atoms with Gasteiger partial charge in [-0.2, -0.15) is 0 Å². The summed E-state index contributed by atoms with van der Waals surface area (Å²) in [5.74, 6) is -0.426. The Morgan fingerprint density at radius 3 is 2.77 bits per heavy atom. The summed E-state index contributed by atoms with van der Waals surface area (Å²) in [4.78, 5) is 27.8. The molecule has 31 heavy (non-hydrogen) atoms. The summed E-state index contributed by atoms with van der Waals surface area (Å²) in [7, 11) is 0. The molecule has 0 bridgehead atoms. The third-order valence-electron chi connectivity index (χ3n) is 6.96. The van der Waals surface area contributed by atoms with Crippen LogP contribution in [0.25, 0.3) is 11.6 Å². The molecule has 2 aromatic rings. The second-order valence-electron chi connectivity index (χ2n) is 8.88. The highest BCUT2D eigenvalue weighted by molar-refractivity contribution is 6.35. The van der Waals surface area contributed by atoms with Crippen LogP contribution in [0.5, 0.6) is 0 Å². The summed E-state index contributed by atoms with van der Waals surface area (Å²) in [5, 5.41) is 15.7. The number of hydrogen-bond donors (Lipinski definition) is 4. The van der Waals surface area contributed by atoms with E-state index in [1.807, 2.05) is 18.2 Å². The number of carbonyl (C=O) groups excluding carboxylic acids is 1. The molecule has 0 unspecified atom stereocenters. The van der Waals surface area contributed by atoms with Crippen LogP contribution in [0.2, 0.25) is 0 Å². The summed E-state index contributed by atoms with van der Waals surface area (Å²) >= 11 is 0. The van der Waals surface area contributed by atoms with E-state index in [1.54, 1.807) is 0 Å². The van der Waals surface area contributed by atoms with Crippen molar-refractivity contribution in [3.8, 4) is 0 Å². The van der Waals surface area contributed by atoms with E-state index in [9.17, 15) is 14.7 Å². The van der Waals surface area contributed by atoms with Crippen molar-refractivity contribution in [3.05, 3.63) is 51.8 Å². The maximum absolute atomic E-state index is 13.0. The van der Waals surface area contributed by atoms with Gasteiger partial charge < -0.3 is 20.7 Å². The number of aliphatic carboxylic acids is 1. The van der Waals surface area contributed by atoms with E-state index < -0.39 is 5.97 Å². The van der Waals surface area contributed by atoms with Crippen molar-refractivity contribution in [2.24, 2.45) is 0 Å². The quantitative estimate of drug-likeness (QED) is 0.554. The molecule has 0 radical (unpaired) electrons. The number of H-pyrrole nitrogens is 1. The minimum atomic E-state index is -0.790. The first kappa shape index (κ1) is 20.1. The fourth-order valence-electron chi connectivity index (χ4n) is 5.45. The predicted molar refractivity (Wildman–Crippen MR) is 121 cm³/mol. The van der Waals surface area contributed by atoms with Gasteiger partial charge in [0.2, 0.25) is 0 Å². The summed E-state index contributed by atoms with van der Waals surface area (Å²) in [6, 6.07) is 6.17. The lowest BCUT2D eigenvalue weighted by Gasteiger charge is -2.25. The fraction of sp³-hybridized carbons (Fsp3) is 0.440. The number of carbonyl (C=O) groups is 2. The molecule has 162 valence electrons. The molecular formula is C25H29N3O3. The van der Waals surface area contributed by atoms with E-state index in [0.29, 0.717) is 17.9 Å². The van der Waals surface area contributed by atoms with Crippen LogP contribution in [-0.4, -0.2) is 35.1 Å². The SMILES string of the molecule is O=C(O)CCc1c(/C=C2\C(=O)Nc3cccc(C4CCNCC4)c32)[nH]c2c1CCCC2. The minimum absolute atomic E-state index is 0.0758. The van der Waals surface area contributed by atoms with Crippen LogP contribution < -0.4 is 10.6 Å². The van der Waals surface area contributed by atoms with Gasteiger partial charge in [-0.15, -0.1) is 0 Å². The summed E-state index contributed by atoms with van der Waals surface area (Å²) in [6.07, 6.45) is 8.94. The third-order valence-corrected chi connectivity index (χ3v) is 6.96. The van der Waals surface area contributed by atoms with Crippen molar-refractivity contribution < 1.29 is 14.7 Å². The molecule has 3 heterocycles. The number of aromatic nitrogens is 1. The number of hydrogen-bond acceptors (Lipinski definition) is 3. The first-order valence-corrected chi connectivity index (χ1v) is 11.4. The molecular weight excluding hydrogens is 390 g/mol. The monoisotopic (exact) mass is 419 g/mol. The van der Waals surface area contributed by atoms with Crippen molar-refractivity contribution >= 4 is 29.2 Å². The van der Waals surface area contributed by atoms with Crippen molar-refractivity contribution in [1.29, 1.82) is 0 Å². The zero-order chi connectivity index (χ0) is 21.4. The zero-order valence-corrected chi connectivity index (χ0v) is 17.7. The number of benzene rings is 1. The Morgan fingerprint density at radius 2 is 1.97 bits per heavy atom. The summed E-state index contributed by atoms with van der Waals surface area (Å²) in [5.41, 5.74) is 8.31. The van der Waals surface area contributed by atoms with Gasteiger partial charge >= 0.3 is 5.97 Å². The molecule has 1 saturated heterocycles. The number of piperidine rings is 1. The minimum Gasteiger partial charge on any atom is -0.481 e. The predicted octanol–water partition coefficient (Wildman–Crippen LogP) is 3.87. The van der Waals surface area contributed by atoms with Crippen LogP contribution in [-0.2, 0) is 28.9 Å². The molecule has 1 aromatic heterocycles. The van der Waals surface area contributed by atoms with Gasteiger partial charge in [0.1, 0.15) is 0 Å². The molecule has 6 nitrogen and oxygen atoms in total. The maximum atomic E-state index is 13.0. The van der Waals surface area contributed by atoms with Gasteiger partial charge in [0.15, 0.2) is 0 Å². The standard InChI is InChI=1S/C25H29N3O3/c29-23(30)9-8-18-17-4-1-2-6-20(17)27-22(18)14-19-24-16(15-10-12-26-13-11-15)5-3-7-21(24)28-25(19)31/h3,5,7,14-15,26-27H,1-2,4,6,8-13H2,(H,28,31)(H,29,30)/b19-14-. The van der Waals surface area contributed by atoms with Gasteiger partial charge in [-0.05, 0) is 92.8 Å². The van der Waals surface area contributed by atoms with Crippen LogP contribution in [0, 0.1) is 0 Å². The highest BCUT2D eigenvalue weighted by Crippen LogP contribution is 2.41. The van der Waals surface area contributed by atoms with Crippen molar-refractivity contribution in [2.45, 2.75) is 57.3 Å². The normalized spacial score (nSPS) is 19.9. The Morgan fingerprint density at radius 1 is 1.16 bits per heavy atom. The molecule has 1 fully saturated rings. The van der Waals surface area contributed by atoms with Crippen LogP contribution in [0.4, 0.5) is 5.69 Å². The second-order valence-corrected chi connectivity index (χ2v) is 8.88. The van der Waals surface area contributed by atoms with Crippen LogP contribution >= 0.6 is 0 Å². The molecule has 1 aliphatic carbocycles. The lowest BCUT2D eigenvalue weighted by molar-refractivity contribution is -0.137. The van der Waals surface area contributed by atoms with Gasteiger partial charge in [0.25, 0.3) is 5.91 Å². The molecule has 4 N–H and O–H groups in total. The van der Waals surface area contributed by atoms with Crippen LogP contribution in [0.1, 0.15) is 71.7 Å². The van der Waals surface area contributed by atoms with Crippen molar-refractivity contribution in [3.63, 3.8) is 0 Å². The Balaban J connectivity index is 1.59. The molecule has 1 aromatic carbocycles. The number of rotatable bonds is 5. The number of nitrogens with one attached hydrogen (secondary N) is 3. The Labute approximate surface area is 182 Å². The number of aromatic amines is 1. The maximum Gasteiger partial charge on any atom is 0.303 e. The largest absolute Gasteiger partial charge is 0.481 e. The van der Waals surface area contributed by atoms with Gasteiger partial charge in [0, 0.05) is 29.1 Å². The summed E-state index contributed by atoms with van der Waals surface area (Å²) < 4.78 is 0. The first-order valence-electron chi connectivity index (χ1n) is 11.4. The molecule has 5 rings (SSSR count). The molecule has 0 spiro atoms. The topological polar surface area (TPSA) is 94.2 Å². The Bertz CT molecular complexity index is 1060. The first-order chi connectivity index (χ1) is 15.1. The second kappa shape index (κ2) is 8.35. The van der Waals surface area contributed by atoms with Crippen LogP contribution in [0.3, 0.4) is 0 Å². The lowest BCUT2D eigenvalue weighted by atomic mass is 9.84. The van der Waals surface area contributed by atoms with Crippen molar-refractivity contribution in [1.82, 2.24) is 10.3 Å². The van der Waals surface area contributed by atoms with E-state index in [2.05, 4.69) is 21.7 Å². The highest BCUT2D eigenvalue weighted by Gasteiger charge is 2.31. The molecule has 0 saturated carbocycles. The smallest absolute Gasteiger partial charge is 0.303 e. The van der Waals surface area contributed by atoms with E-state index in [4.69, 9.17) is 0 Å². The average Bonchev–Trinajstić information content (AvgIpc) is 3.29. The van der Waals surface area contributed by atoms with Gasteiger partial charge in [-0.1, -0.05) is 12.1 Å². The van der Waals surface area contributed by atoms with Crippen LogP contribution in [0.15, 0.2) is 18.2 Å². The Kier molecular flexibility index (Phi) is 5.40. The van der Waals surface area contributed by atoms with E-state index in [-0.39, 0.29) is 12.3 Å². The number of anilines is 1. The fourth-order valence-corrected chi connectivity index (χ4v) is 5.45. The van der Waals surface area contributed by atoms with Crippen molar-refractivity contribution in [2.75, 3.05) is 18.4 Å². The number of amides is 1. The van der Waals surface area contributed by atoms with E-state index in [0.717, 1.165) is 74.1 Å².